The van der Waals surface area contributed by atoms with E-state index in [0.717, 1.165) is 26.8 Å². The molecule has 2 N–H and O–H groups in total. The molecule has 0 fully saturated rings. The fourth-order valence-electron chi connectivity index (χ4n) is 1.82. The van der Waals surface area contributed by atoms with Crippen LogP contribution >= 0.6 is 27.3 Å². The van der Waals surface area contributed by atoms with Gasteiger partial charge in [0.1, 0.15) is 4.60 Å². The zero-order valence-corrected chi connectivity index (χ0v) is 12.6. The van der Waals surface area contributed by atoms with E-state index in [1.165, 1.54) is 0 Å². The molecule has 0 saturated carbocycles. The SMILES string of the molecule is CN(c1ccc2nc(CN)c(Br)n2n1)c1cccs1. The van der Waals surface area contributed by atoms with Crippen LogP contribution in [0.15, 0.2) is 34.2 Å². The molecule has 3 aromatic heterocycles. The van der Waals surface area contributed by atoms with E-state index in [-0.39, 0.29) is 0 Å². The number of nitrogens with zero attached hydrogens (tertiary/aromatic N) is 4. The number of imidazole rings is 1. The molecule has 3 rings (SSSR count). The molecule has 3 aromatic rings. The van der Waals surface area contributed by atoms with E-state index >= 15 is 0 Å². The van der Waals surface area contributed by atoms with Crippen LogP contribution in [0.5, 0.6) is 0 Å². The molecule has 5 nitrogen and oxygen atoms in total. The maximum absolute atomic E-state index is 5.65. The van der Waals surface area contributed by atoms with Crippen LogP contribution in [0.4, 0.5) is 10.8 Å². The van der Waals surface area contributed by atoms with Crippen molar-refractivity contribution < 1.29 is 0 Å². The summed E-state index contributed by atoms with van der Waals surface area (Å²) in [5.41, 5.74) is 7.24. The molecule has 0 atom stereocenters. The van der Waals surface area contributed by atoms with Gasteiger partial charge in [0, 0.05) is 13.6 Å². The lowest BCUT2D eigenvalue weighted by molar-refractivity contribution is 0.890. The van der Waals surface area contributed by atoms with Gasteiger partial charge in [-0.1, -0.05) is 0 Å². The van der Waals surface area contributed by atoms with Crippen molar-refractivity contribution >= 4 is 43.7 Å². The molecule has 0 aliphatic heterocycles. The van der Waals surface area contributed by atoms with Crippen LogP contribution in [0, 0.1) is 0 Å². The van der Waals surface area contributed by atoms with Crippen molar-refractivity contribution in [3.05, 3.63) is 39.9 Å². The van der Waals surface area contributed by atoms with Gasteiger partial charge in [0.25, 0.3) is 0 Å². The second-order valence-corrected chi connectivity index (χ2v) is 5.70. The lowest BCUT2D eigenvalue weighted by Gasteiger charge is -2.15. The normalized spacial score (nSPS) is 11.1. The molecule has 0 amide bonds. The van der Waals surface area contributed by atoms with E-state index in [9.17, 15) is 0 Å². The summed E-state index contributed by atoms with van der Waals surface area (Å²) in [5.74, 6) is 0.858. The standard InChI is InChI=1S/C12H12BrN5S/c1-17(11-3-2-6-19-11)10-5-4-9-15-8(7-14)12(13)18(9)16-10/h2-6H,7,14H2,1H3. The molecule has 0 aliphatic carbocycles. The first kappa shape index (κ1) is 12.6. The lowest BCUT2D eigenvalue weighted by Crippen LogP contribution is -2.11. The van der Waals surface area contributed by atoms with Crippen LogP contribution in [0.25, 0.3) is 5.65 Å². The van der Waals surface area contributed by atoms with E-state index < -0.39 is 0 Å². The summed E-state index contributed by atoms with van der Waals surface area (Å²) >= 11 is 5.16. The summed E-state index contributed by atoms with van der Waals surface area (Å²) < 4.78 is 2.58. The first-order valence-electron chi connectivity index (χ1n) is 5.72. The van der Waals surface area contributed by atoms with Crippen LogP contribution in [0.2, 0.25) is 0 Å². The second-order valence-electron chi connectivity index (χ2n) is 4.03. The number of rotatable bonds is 3. The number of hydrogen-bond acceptors (Lipinski definition) is 5. The summed E-state index contributed by atoms with van der Waals surface area (Å²) in [7, 11) is 1.99. The zero-order valence-electron chi connectivity index (χ0n) is 10.2. The van der Waals surface area contributed by atoms with Crippen molar-refractivity contribution in [1.29, 1.82) is 0 Å². The van der Waals surface area contributed by atoms with E-state index in [2.05, 4.69) is 32.1 Å². The number of hydrogen-bond donors (Lipinski definition) is 1. The molecule has 0 unspecified atom stereocenters. The van der Waals surface area contributed by atoms with Crippen LogP contribution in [-0.4, -0.2) is 21.6 Å². The summed E-state index contributed by atoms with van der Waals surface area (Å²) in [6.45, 7) is 0.389. The lowest BCUT2D eigenvalue weighted by atomic mass is 10.4. The van der Waals surface area contributed by atoms with Gasteiger partial charge in [-0.05, 0) is 45.6 Å². The predicted octanol–water partition coefficient (Wildman–Crippen LogP) is 2.78. The minimum Gasteiger partial charge on any atom is -0.325 e. The third-order valence-corrected chi connectivity index (χ3v) is 4.59. The Balaban J connectivity index is 2.08. The largest absolute Gasteiger partial charge is 0.325 e. The van der Waals surface area contributed by atoms with Gasteiger partial charge in [-0.25, -0.2) is 9.50 Å². The Morgan fingerprint density at radius 1 is 1.42 bits per heavy atom. The minimum atomic E-state index is 0.389. The van der Waals surface area contributed by atoms with Gasteiger partial charge in [0.2, 0.25) is 0 Å². The maximum Gasteiger partial charge on any atom is 0.155 e. The molecule has 98 valence electrons. The van der Waals surface area contributed by atoms with E-state index in [1.54, 1.807) is 15.9 Å². The van der Waals surface area contributed by atoms with Gasteiger partial charge < -0.3 is 10.6 Å². The number of anilines is 2. The Morgan fingerprint density at radius 2 is 2.26 bits per heavy atom. The Kier molecular flexibility index (Phi) is 3.26. The van der Waals surface area contributed by atoms with Gasteiger partial charge in [0.05, 0.1) is 10.7 Å². The van der Waals surface area contributed by atoms with E-state index in [1.807, 2.05) is 35.5 Å². The average molecular weight is 338 g/mol. The first-order valence-corrected chi connectivity index (χ1v) is 7.39. The van der Waals surface area contributed by atoms with Gasteiger partial charge in [-0.3, -0.25) is 0 Å². The molecule has 0 bridgehead atoms. The number of fused-ring (bicyclic) bond motifs is 1. The Morgan fingerprint density at radius 3 is 2.95 bits per heavy atom. The van der Waals surface area contributed by atoms with Crippen LogP contribution in [-0.2, 0) is 6.54 Å². The van der Waals surface area contributed by atoms with E-state index in [0.29, 0.717) is 6.54 Å². The van der Waals surface area contributed by atoms with Crippen molar-refractivity contribution in [2.75, 3.05) is 11.9 Å². The summed E-state index contributed by atoms with van der Waals surface area (Å²) in [5, 5.41) is 7.77. The highest BCUT2D eigenvalue weighted by atomic mass is 79.9. The highest BCUT2D eigenvalue weighted by molar-refractivity contribution is 9.10. The summed E-state index contributed by atoms with van der Waals surface area (Å²) in [4.78, 5) is 6.45. The molecule has 0 spiro atoms. The van der Waals surface area contributed by atoms with Crippen molar-refractivity contribution in [2.24, 2.45) is 5.73 Å². The van der Waals surface area contributed by atoms with Crippen molar-refractivity contribution in [1.82, 2.24) is 14.6 Å². The highest BCUT2D eigenvalue weighted by Crippen LogP contribution is 2.27. The van der Waals surface area contributed by atoms with Crippen LogP contribution in [0.1, 0.15) is 5.69 Å². The third kappa shape index (κ3) is 2.13. The number of thiophene rings is 1. The second kappa shape index (κ2) is 4.92. The van der Waals surface area contributed by atoms with Gasteiger partial charge in [-0.15, -0.1) is 16.4 Å². The van der Waals surface area contributed by atoms with Gasteiger partial charge in [0.15, 0.2) is 11.5 Å². The number of halogens is 1. The quantitative estimate of drug-likeness (QED) is 0.798. The molecule has 0 aliphatic rings. The first-order chi connectivity index (χ1) is 9.20. The number of nitrogens with two attached hydrogens (primary N) is 1. The van der Waals surface area contributed by atoms with Gasteiger partial charge in [-0.2, -0.15) is 0 Å². The zero-order chi connectivity index (χ0) is 13.4. The topological polar surface area (TPSA) is 59.5 Å². The maximum atomic E-state index is 5.65. The molecule has 3 heterocycles. The summed E-state index contributed by atoms with van der Waals surface area (Å²) in [6, 6.07) is 7.98. The molecule has 0 saturated heterocycles. The summed E-state index contributed by atoms with van der Waals surface area (Å²) in [6.07, 6.45) is 0. The molecule has 19 heavy (non-hydrogen) atoms. The van der Waals surface area contributed by atoms with Crippen molar-refractivity contribution in [3.63, 3.8) is 0 Å². The fraction of sp³-hybridized carbons (Fsp3) is 0.167. The molecular weight excluding hydrogens is 326 g/mol. The van der Waals surface area contributed by atoms with Crippen molar-refractivity contribution in [2.45, 2.75) is 6.54 Å². The van der Waals surface area contributed by atoms with Crippen LogP contribution in [0.3, 0.4) is 0 Å². The van der Waals surface area contributed by atoms with E-state index in [4.69, 9.17) is 5.73 Å². The smallest absolute Gasteiger partial charge is 0.155 e. The molecule has 0 radical (unpaired) electrons. The molecular formula is C12H12BrN5S. The Bertz CT molecular complexity index is 706. The molecule has 7 heteroatoms. The monoisotopic (exact) mass is 337 g/mol. The third-order valence-electron chi connectivity index (χ3n) is 2.85. The number of aromatic nitrogens is 3. The Hall–Kier alpha value is -1.44. The Labute approximate surface area is 122 Å². The van der Waals surface area contributed by atoms with Crippen LogP contribution < -0.4 is 10.6 Å². The van der Waals surface area contributed by atoms with Crippen molar-refractivity contribution in [3.8, 4) is 0 Å². The average Bonchev–Trinajstić information content (AvgIpc) is 3.06. The van der Waals surface area contributed by atoms with Gasteiger partial charge >= 0.3 is 0 Å². The minimum absolute atomic E-state index is 0.389. The predicted molar refractivity (Wildman–Crippen MR) is 81.0 cm³/mol. The highest BCUT2D eigenvalue weighted by Gasteiger charge is 2.12. The fourth-order valence-corrected chi connectivity index (χ4v) is 3.04. The molecule has 0 aromatic carbocycles.